The molecule has 2 N–H and O–H groups in total. The maximum Gasteiger partial charge on any atom is 0.130 e. The Morgan fingerprint density at radius 2 is 2.00 bits per heavy atom. The largest absolute Gasteiger partial charge is 0.398 e. The SMILES string of the molecule is C[Si](C)(C)C#CC#Cc1cnccc1N. The van der Waals surface area contributed by atoms with Crippen LogP contribution in [0.3, 0.4) is 0 Å². The molecular weight excluding hydrogens is 200 g/mol. The highest BCUT2D eigenvalue weighted by Crippen LogP contribution is 2.05. The van der Waals surface area contributed by atoms with Gasteiger partial charge in [0.2, 0.25) is 0 Å². The summed E-state index contributed by atoms with van der Waals surface area (Å²) in [5.74, 6) is 8.57. The van der Waals surface area contributed by atoms with E-state index in [-0.39, 0.29) is 0 Å². The second-order valence-corrected chi connectivity index (χ2v) is 8.96. The molecule has 15 heavy (non-hydrogen) atoms. The first kappa shape index (κ1) is 11.4. The molecule has 0 aliphatic rings. The number of pyridine rings is 1. The molecule has 0 saturated carbocycles. The van der Waals surface area contributed by atoms with E-state index in [0.29, 0.717) is 5.69 Å². The van der Waals surface area contributed by atoms with Crippen molar-refractivity contribution in [3.8, 4) is 23.3 Å². The summed E-state index contributed by atoms with van der Waals surface area (Å²) in [6.07, 6.45) is 3.30. The molecule has 0 spiro atoms. The molecule has 0 fully saturated rings. The van der Waals surface area contributed by atoms with Crippen LogP contribution >= 0.6 is 0 Å². The smallest absolute Gasteiger partial charge is 0.130 e. The number of hydrogen-bond donors (Lipinski definition) is 1. The van der Waals surface area contributed by atoms with Gasteiger partial charge in [0.15, 0.2) is 0 Å². The molecule has 1 rings (SSSR count). The zero-order valence-corrected chi connectivity index (χ0v) is 10.3. The van der Waals surface area contributed by atoms with E-state index in [9.17, 15) is 0 Å². The van der Waals surface area contributed by atoms with Gasteiger partial charge < -0.3 is 5.73 Å². The van der Waals surface area contributed by atoms with Gasteiger partial charge in [-0.1, -0.05) is 19.6 Å². The minimum absolute atomic E-state index is 0.646. The predicted molar refractivity (Wildman–Crippen MR) is 66.6 cm³/mol. The van der Waals surface area contributed by atoms with Crippen molar-refractivity contribution in [3.63, 3.8) is 0 Å². The topological polar surface area (TPSA) is 38.9 Å². The van der Waals surface area contributed by atoms with Crippen LogP contribution in [0.1, 0.15) is 5.56 Å². The van der Waals surface area contributed by atoms with E-state index in [4.69, 9.17) is 5.73 Å². The Bertz CT molecular complexity index is 464. The van der Waals surface area contributed by atoms with Gasteiger partial charge in [-0.05, 0) is 23.8 Å². The summed E-state index contributed by atoms with van der Waals surface area (Å²) in [7, 11) is -1.32. The molecule has 76 valence electrons. The minimum atomic E-state index is -1.32. The fourth-order valence-electron chi connectivity index (χ4n) is 0.827. The zero-order valence-electron chi connectivity index (χ0n) is 9.26. The normalized spacial score (nSPS) is 9.53. The molecule has 0 radical (unpaired) electrons. The van der Waals surface area contributed by atoms with Crippen molar-refractivity contribution >= 4 is 13.8 Å². The highest BCUT2D eigenvalue weighted by atomic mass is 28.3. The Balaban J connectivity index is 2.83. The summed E-state index contributed by atoms with van der Waals surface area (Å²) in [6.45, 7) is 6.54. The van der Waals surface area contributed by atoms with E-state index in [1.807, 2.05) is 0 Å². The Morgan fingerprint density at radius 1 is 1.27 bits per heavy atom. The van der Waals surface area contributed by atoms with Crippen LogP contribution in [0.4, 0.5) is 5.69 Å². The average Bonchev–Trinajstić information content (AvgIpc) is 2.13. The quantitative estimate of drug-likeness (QED) is 0.529. The number of nitrogens with zero attached hydrogens (tertiary/aromatic N) is 1. The molecule has 0 amide bonds. The number of hydrogen-bond acceptors (Lipinski definition) is 2. The standard InChI is InChI=1S/C12H14N2Si/c1-15(2,3)9-5-4-6-11-10-14-8-7-12(11)13/h7-8,10H,1-3H3,(H2,13,14). The number of nitrogens with two attached hydrogens (primary N) is 1. The first-order valence-electron chi connectivity index (χ1n) is 4.72. The molecule has 1 heterocycles. The molecule has 0 bridgehead atoms. The van der Waals surface area contributed by atoms with E-state index in [0.717, 1.165) is 5.56 Å². The van der Waals surface area contributed by atoms with Crippen molar-refractivity contribution in [2.24, 2.45) is 0 Å². The zero-order chi connectivity index (χ0) is 11.3. The van der Waals surface area contributed by atoms with Crippen LogP contribution in [0.15, 0.2) is 18.5 Å². The van der Waals surface area contributed by atoms with Gasteiger partial charge in [-0.25, -0.2) is 0 Å². The summed E-state index contributed by atoms with van der Waals surface area (Å²) >= 11 is 0. The summed E-state index contributed by atoms with van der Waals surface area (Å²) < 4.78 is 0. The van der Waals surface area contributed by atoms with Crippen LogP contribution in [0.5, 0.6) is 0 Å². The lowest BCUT2D eigenvalue weighted by molar-refractivity contribution is 1.32. The Kier molecular flexibility index (Phi) is 3.55. The first-order valence-corrected chi connectivity index (χ1v) is 8.22. The van der Waals surface area contributed by atoms with Gasteiger partial charge >= 0.3 is 0 Å². The lowest BCUT2D eigenvalue weighted by atomic mass is 10.2. The molecule has 0 aliphatic heterocycles. The van der Waals surface area contributed by atoms with Gasteiger partial charge in [-0.15, -0.1) is 5.54 Å². The Labute approximate surface area is 91.9 Å². The molecule has 2 nitrogen and oxygen atoms in total. The molecule has 0 aliphatic carbocycles. The fraction of sp³-hybridized carbons (Fsp3) is 0.250. The molecule has 3 heteroatoms. The van der Waals surface area contributed by atoms with Crippen molar-refractivity contribution in [2.45, 2.75) is 19.6 Å². The summed E-state index contributed by atoms with van der Waals surface area (Å²) in [5, 5.41) is 0. The third kappa shape index (κ3) is 4.35. The Hall–Kier alpha value is -1.71. The van der Waals surface area contributed by atoms with Crippen molar-refractivity contribution in [2.75, 3.05) is 5.73 Å². The van der Waals surface area contributed by atoms with Gasteiger partial charge in [-0.3, -0.25) is 4.98 Å². The van der Waals surface area contributed by atoms with Crippen LogP contribution in [0.2, 0.25) is 19.6 Å². The fourth-order valence-corrected chi connectivity index (χ4v) is 1.26. The van der Waals surface area contributed by atoms with Crippen molar-refractivity contribution in [1.82, 2.24) is 4.98 Å². The number of rotatable bonds is 0. The van der Waals surface area contributed by atoms with Crippen LogP contribution in [0, 0.1) is 23.3 Å². The highest BCUT2D eigenvalue weighted by Gasteiger charge is 2.06. The number of aromatic nitrogens is 1. The number of anilines is 1. The summed E-state index contributed by atoms with van der Waals surface area (Å²) in [4.78, 5) is 3.95. The molecule has 0 atom stereocenters. The van der Waals surface area contributed by atoms with Crippen molar-refractivity contribution in [3.05, 3.63) is 24.0 Å². The van der Waals surface area contributed by atoms with E-state index in [1.54, 1.807) is 18.5 Å². The van der Waals surface area contributed by atoms with E-state index >= 15 is 0 Å². The third-order valence-corrected chi connectivity index (χ3v) is 2.43. The van der Waals surface area contributed by atoms with Crippen LogP contribution in [-0.2, 0) is 0 Å². The molecule has 1 aromatic heterocycles. The van der Waals surface area contributed by atoms with Crippen molar-refractivity contribution in [1.29, 1.82) is 0 Å². The van der Waals surface area contributed by atoms with Crippen LogP contribution in [0.25, 0.3) is 0 Å². The average molecular weight is 214 g/mol. The molecule has 1 aromatic rings. The Morgan fingerprint density at radius 3 is 2.60 bits per heavy atom. The van der Waals surface area contributed by atoms with Crippen LogP contribution in [-0.4, -0.2) is 13.1 Å². The monoisotopic (exact) mass is 214 g/mol. The van der Waals surface area contributed by atoms with E-state index < -0.39 is 8.07 Å². The van der Waals surface area contributed by atoms with Gasteiger partial charge in [-0.2, -0.15) is 0 Å². The maximum atomic E-state index is 5.71. The van der Waals surface area contributed by atoms with Crippen molar-refractivity contribution < 1.29 is 0 Å². The third-order valence-electron chi connectivity index (χ3n) is 1.55. The molecule has 0 saturated heterocycles. The van der Waals surface area contributed by atoms with Gasteiger partial charge in [0.25, 0.3) is 0 Å². The molecule has 0 aromatic carbocycles. The maximum absolute atomic E-state index is 5.71. The second kappa shape index (κ2) is 4.68. The lowest BCUT2D eigenvalue weighted by Crippen LogP contribution is -2.16. The van der Waals surface area contributed by atoms with Gasteiger partial charge in [0.05, 0.1) is 11.3 Å². The highest BCUT2D eigenvalue weighted by molar-refractivity contribution is 6.83. The summed E-state index contributed by atoms with van der Waals surface area (Å²) in [5.41, 5.74) is 10.3. The van der Waals surface area contributed by atoms with Crippen LogP contribution < -0.4 is 5.73 Å². The molecule has 0 unspecified atom stereocenters. The van der Waals surface area contributed by atoms with E-state index in [2.05, 4.69) is 47.9 Å². The van der Waals surface area contributed by atoms with Gasteiger partial charge in [0, 0.05) is 12.4 Å². The van der Waals surface area contributed by atoms with E-state index in [1.165, 1.54) is 0 Å². The predicted octanol–water partition coefficient (Wildman–Crippen LogP) is 1.90. The first-order chi connectivity index (χ1) is 6.99. The van der Waals surface area contributed by atoms with Gasteiger partial charge in [0.1, 0.15) is 8.07 Å². The minimum Gasteiger partial charge on any atom is -0.398 e. The molecular formula is C12H14N2Si. The lowest BCUT2D eigenvalue weighted by Gasteiger charge is -2.01. The second-order valence-electron chi connectivity index (χ2n) is 4.21. The number of nitrogen functional groups attached to an aromatic ring is 1. The summed E-state index contributed by atoms with van der Waals surface area (Å²) in [6, 6.07) is 1.73.